The second kappa shape index (κ2) is 6.27. The molecule has 0 saturated carbocycles. The average molecular weight is 278 g/mol. The quantitative estimate of drug-likeness (QED) is 0.758. The number of carbonyl (C=O) groups is 2. The number of piperazine rings is 1. The number of hydrogen-bond acceptors (Lipinski definition) is 4. The molecule has 0 unspecified atom stereocenters. The molecule has 1 fully saturated rings. The Morgan fingerprint density at radius 1 is 1.10 bits per heavy atom. The van der Waals surface area contributed by atoms with Crippen molar-refractivity contribution in [2.45, 2.75) is 0 Å². The molecule has 6 nitrogen and oxygen atoms in total. The van der Waals surface area contributed by atoms with Crippen LogP contribution >= 0.6 is 0 Å². The number of carbonyl (C=O) groups excluding carboxylic acids is 2. The number of ether oxygens (including phenoxy) is 2. The van der Waals surface area contributed by atoms with Crippen LogP contribution in [0.4, 0.5) is 0 Å². The second-order valence-electron chi connectivity index (χ2n) is 4.47. The van der Waals surface area contributed by atoms with Gasteiger partial charge < -0.3 is 19.3 Å². The Bertz CT molecular complexity index is 474. The summed E-state index contributed by atoms with van der Waals surface area (Å²) in [5.74, 6) is 0.851. The maximum Gasteiger partial charge on any atom is 0.261 e. The Balaban J connectivity index is 2.23. The van der Waals surface area contributed by atoms with Crippen LogP contribution in [0.15, 0.2) is 18.2 Å². The highest BCUT2D eigenvalue weighted by Gasteiger charge is 2.26. The molecule has 2 rings (SSSR count). The molecular formula is C14H18N2O4. The first-order valence-corrected chi connectivity index (χ1v) is 6.41. The van der Waals surface area contributed by atoms with Crippen molar-refractivity contribution >= 4 is 12.3 Å². The number of nitrogens with zero attached hydrogens (tertiary/aromatic N) is 2. The van der Waals surface area contributed by atoms with Crippen molar-refractivity contribution in [3.05, 3.63) is 23.8 Å². The number of rotatable bonds is 4. The van der Waals surface area contributed by atoms with Crippen LogP contribution in [0.5, 0.6) is 11.5 Å². The van der Waals surface area contributed by atoms with Gasteiger partial charge in [0.2, 0.25) is 6.41 Å². The molecule has 1 saturated heterocycles. The maximum atomic E-state index is 12.6. The van der Waals surface area contributed by atoms with Crippen molar-refractivity contribution in [2.75, 3.05) is 40.4 Å². The Morgan fingerprint density at radius 2 is 1.65 bits per heavy atom. The van der Waals surface area contributed by atoms with E-state index in [0.29, 0.717) is 43.2 Å². The van der Waals surface area contributed by atoms with Gasteiger partial charge in [-0.05, 0) is 12.1 Å². The van der Waals surface area contributed by atoms with Crippen LogP contribution in [0, 0.1) is 0 Å². The second-order valence-corrected chi connectivity index (χ2v) is 4.47. The molecule has 0 spiro atoms. The van der Waals surface area contributed by atoms with Crippen molar-refractivity contribution in [1.29, 1.82) is 0 Å². The largest absolute Gasteiger partial charge is 0.496 e. The lowest BCUT2D eigenvalue weighted by atomic mass is 10.1. The van der Waals surface area contributed by atoms with Gasteiger partial charge in [0, 0.05) is 26.2 Å². The summed E-state index contributed by atoms with van der Waals surface area (Å²) < 4.78 is 10.5. The lowest BCUT2D eigenvalue weighted by Gasteiger charge is -2.33. The van der Waals surface area contributed by atoms with Gasteiger partial charge in [-0.3, -0.25) is 9.59 Å². The van der Waals surface area contributed by atoms with E-state index in [4.69, 9.17) is 9.47 Å². The molecule has 1 aromatic rings. The van der Waals surface area contributed by atoms with Crippen LogP contribution in [0.3, 0.4) is 0 Å². The summed E-state index contributed by atoms with van der Waals surface area (Å²) in [4.78, 5) is 26.7. The standard InChI is InChI=1S/C14H18N2O4/c1-19-11-4-3-5-12(20-2)13(11)14(18)16-8-6-15(10-17)7-9-16/h3-5,10H,6-9H2,1-2H3. The molecule has 1 aliphatic heterocycles. The van der Waals surface area contributed by atoms with Gasteiger partial charge in [-0.2, -0.15) is 0 Å². The minimum atomic E-state index is -0.134. The van der Waals surface area contributed by atoms with E-state index in [0.717, 1.165) is 6.41 Å². The lowest BCUT2D eigenvalue weighted by molar-refractivity contribution is -0.119. The third kappa shape index (κ3) is 2.68. The molecule has 0 bridgehead atoms. The molecule has 0 atom stereocenters. The van der Waals surface area contributed by atoms with E-state index >= 15 is 0 Å². The van der Waals surface area contributed by atoms with Crippen molar-refractivity contribution in [1.82, 2.24) is 9.80 Å². The smallest absolute Gasteiger partial charge is 0.261 e. The highest BCUT2D eigenvalue weighted by atomic mass is 16.5. The molecule has 20 heavy (non-hydrogen) atoms. The maximum absolute atomic E-state index is 12.6. The Morgan fingerprint density at radius 3 is 2.10 bits per heavy atom. The van der Waals surface area contributed by atoms with Gasteiger partial charge in [-0.15, -0.1) is 0 Å². The molecule has 2 amide bonds. The number of amides is 2. The predicted octanol–water partition coefficient (Wildman–Crippen LogP) is 0.618. The number of hydrogen-bond donors (Lipinski definition) is 0. The number of methoxy groups -OCH3 is 2. The molecule has 1 aromatic carbocycles. The Hall–Kier alpha value is -2.24. The van der Waals surface area contributed by atoms with Crippen LogP contribution in [0.2, 0.25) is 0 Å². The minimum absolute atomic E-state index is 0.134. The normalized spacial score (nSPS) is 14.9. The Labute approximate surface area is 117 Å². The summed E-state index contributed by atoms with van der Waals surface area (Å²) in [6.07, 6.45) is 0.811. The summed E-state index contributed by atoms with van der Waals surface area (Å²) in [7, 11) is 3.05. The lowest BCUT2D eigenvalue weighted by Crippen LogP contribution is -2.48. The molecule has 6 heteroatoms. The van der Waals surface area contributed by atoms with Crippen LogP contribution < -0.4 is 9.47 Å². The molecule has 0 radical (unpaired) electrons. The summed E-state index contributed by atoms with van der Waals surface area (Å²) in [5.41, 5.74) is 0.428. The average Bonchev–Trinajstić information content (AvgIpc) is 2.53. The van der Waals surface area contributed by atoms with E-state index in [9.17, 15) is 9.59 Å². The van der Waals surface area contributed by atoms with Gasteiger partial charge in [0.05, 0.1) is 14.2 Å². The van der Waals surface area contributed by atoms with Gasteiger partial charge in [0.1, 0.15) is 17.1 Å². The molecule has 1 aliphatic rings. The summed E-state index contributed by atoms with van der Waals surface area (Å²) in [5, 5.41) is 0. The van der Waals surface area contributed by atoms with Crippen LogP contribution in [0.1, 0.15) is 10.4 Å². The monoisotopic (exact) mass is 278 g/mol. The molecule has 108 valence electrons. The van der Waals surface area contributed by atoms with E-state index in [1.807, 2.05) is 0 Å². The summed E-state index contributed by atoms with van der Waals surface area (Å²) >= 11 is 0. The van der Waals surface area contributed by atoms with E-state index < -0.39 is 0 Å². The van der Waals surface area contributed by atoms with Crippen LogP contribution in [-0.4, -0.2) is 62.5 Å². The minimum Gasteiger partial charge on any atom is -0.496 e. The predicted molar refractivity (Wildman–Crippen MR) is 73.1 cm³/mol. The van der Waals surface area contributed by atoms with Crippen molar-refractivity contribution in [3.8, 4) is 11.5 Å². The molecular weight excluding hydrogens is 260 g/mol. The third-order valence-corrected chi connectivity index (χ3v) is 3.39. The fraction of sp³-hybridized carbons (Fsp3) is 0.429. The van der Waals surface area contributed by atoms with Crippen molar-refractivity contribution in [3.63, 3.8) is 0 Å². The fourth-order valence-corrected chi connectivity index (χ4v) is 2.25. The van der Waals surface area contributed by atoms with Gasteiger partial charge >= 0.3 is 0 Å². The summed E-state index contributed by atoms with van der Waals surface area (Å²) in [6.45, 7) is 2.12. The topological polar surface area (TPSA) is 59.1 Å². The molecule has 0 aliphatic carbocycles. The van der Waals surface area contributed by atoms with E-state index in [1.54, 1.807) is 28.0 Å². The zero-order valence-corrected chi connectivity index (χ0v) is 11.7. The highest BCUT2D eigenvalue weighted by molar-refractivity contribution is 5.99. The SMILES string of the molecule is COc1cccc(OC)c1C(=O)N1CCN(C=O)CC1. The Kier molecular flexibility index (Phi) is 4.45. The van der Waals surface area contributed by atoms with Crippen LogP contribution in [0.25, 0.3) is 0 Å². The van der Waals surface area contributed by atoms with E-state index in [-0.39, 0.29) is 5.91 Å². The van der Waals surface area contributed by atoms with Crippen molar-refractivity contribution in [2.24, 2.45) is 0 Å². The fourth-order valence-electron chi connectivity index (χ4n) is 2.25. The van der Waals surface area contributed by atoms with E-state index in [1.165, 1.54) is 14.2 Å². The third-order valence-electron chi connectivity index (χ3n) is 3.39. The van der Waals surface area contributed by atoms with Crippen molar-refractivity contribution < 1.29 is 19.1 Å². The first kappa shape index (κ1) is 14.2. The zero-order chi connectivity index (χ0) is 14.5. The highest BCUT2D eigenvalue weighted by Crippen LogP contribution is 2.29. The van der Waals surface area contributed by atoms with E-state index in [2.05, 4.69) is 0 Å². The van der Waals surface area contributed by atoms with Gasteiger partial charge in [0.15, 0.2) is 0 Å². The first-order valence-electron chi connectivity index (χ1n) is 6.41. The van der Waals surface area contributed by atoms with Gasteiger partial charge in [0.25, 0.3) is 5.91 Å². The van der Waals surface area contributed by atoms with Gasteiger partial charge in [-0.25, -0.2) is 0 Å². The molecule has 0 aromatic heterocycles. The summed E-state index contributed by atoms with van der Waals surface area (Å²) in [6, 6.07) is 5.24. The zero-order valence-electron chi connectivity index (χ0n) is 11.7. The van der Waals surface area contributed by atoms with Crippen LogP contribution in [-0.2, 0) is 4.79 Å². The first-order chi connectivity index (χ1) is 9.71. The molecule has 1 heterocycles. The molecule has 0 N–H and O–H groups in total. The number of benzene rings is 1. The van der Waals surface area contributed by atoms with Gasteiger partial charge in [-0.1, -0.05) is 6.07 Å².